The topological polar surface area (TPSA) is 64.0 Å². The highest BCUT2D eigenvalue weighted by molar-refractivity contribution is 7.90. The average molecular weight is 341 g/mol. The van der Waals surface area contributed by atoms with Crippen molar-refractivity contribution in [1.82, 2.24) is 9.55 Å². The number of hydrogen-bond donors (Lipinski definition) is 1. The van der Waals surface area contributed by atoms with Crippen molar-refractivity contribution in [2.45, 2.75) is 17.9 Å². The highest BCUT2D eigenvalue weighted by Gasteiger charge is 2.09. The van der Waals surface area contributed by atoms with E-state index in [9.17, 15) is 8.42 Å². The second kappa shape index (κ2) is 6.49. The zero-order chi connectivity index (χ0) is 17.2. The standard InChI is InChI=1S/C18H19N3O2S/c1-14(20-16-6-8-18(9-7-16)24(2,22)23)15-4-3-5-17(12-15)21-11-10-19-13-21/h3-14,20H,1-2H3. The SMILES string of the molecule is CC(Nc1ccc(S(C)(=O)=O)cc1)c1cccc(-n2ccnc2)c1. The summed E-state index contributed by atoms with van der Waals surface area (Å²) in [5.74, 6) is 0. The minimum Gasteiger partial charge on any atom is -0.379 e. The first-order valence-corrected chi connectivity index (χ1v) is 9.47. The smallest absolute Gasteiger partial charge is 0.175 e. The van der Waals surface area contributed by atoms with Crippen LogP contribution in [0.25, 0.3) is 5.69 Å². The second-order valence-electron chi connectivity index (χ2n) is 5.73. The lowest BCUT2D eigenvalue weighted by Gasteiger charge is -2.17. The molecule has 124 valence electrons. The van der Waals surface area contributed by atoms with Gasteiger partial charge in [-0.25, -0.2) is 13.4 Å². The number of nitrogens with one attached hydrogen (secondary N) is 1. The number of imidazole rings is 1. The van der Waals surface area contributed by atoms with Gasteiger partial charge >= 0.3 is 0 Å². The first-order chi connectivity index (χ1) is 11.4. The number of benzene rings is 2. The van der Waals surface area contributed by atoms with E-state index < -0.39 is 9.84 Å². The van der Waals surface area contributed by atoms with Crippen LogP contribution in [0.15, 0.2) is 72.1 Å². The number of nitrogens with zero attached hydrogens (tertiary/aromatic N) is 2. The Bertz CT molecular complexity index is 917. The van der Waals surface area contributed by atoms with Crippen molar-refractivity contribution in [2.24, 2.45) is 0 Å². The van der Waals surface area contributed by atoms with E-state index in [0.29, 0.717) is 4.90 Å². The Labute approximate surface area is 141 Å². The molecule has 3 aromatic rings. The van der Waals surface area contributed by atoms with E-state index in [2.05, 4.69) is 29.4 Å². The summed E-state index contributed by atoms with van der Waals surface area (Å²) in [6.07, 6.45) is 6.62. The lowest BCUT2D eigenvalue weighted by molar-refractivity contribution is 0.602. The molecule has 0 saturated carbocycles. The molecule has 0 aliphatic rings. The van der Waals surface area contributed by atoms with Crippen molar-refractivity contribution < 1.29 is 8.42 Å². The maximum atomic E-state index is 11.5. The molecule has 0 fully saturated rings. The van der Waals surface area contributed by atoms with Crippen LogP contribution in [0.3, 0.4) is 0 Å². The summed E-state index contributed by atoms with van der Waals surface area (Å²) in [5, 5.41) is 3.39. The molecule has 5 nitrogen and oxygen atoms in total. The lowest BCUT2D eigenvalue weighted by Crippen LogP contribution is -2.07. The summed E-state index contributed by atoms with van der Waals surface area (Å²) in [7, 11) is -3.17. The van der Waals surface area contributed by atoms with Gasteiger partial charge in [0.05, 0.1) is 11.2 Å². The fraction of sp³-hybridized carbons (Fsp3) is 0.167. The molecule has 3 rings (SSSR count). The Hall–Kier alpha value is -2.60. The summed E-state index contributed by atoms with van der Waals surface area (Å²) < 4.78 is 25.0. The van der Waals surface area contributed by atoms with Crippen LogP contribution >= 0.6 is 0 Å². The molecule has 1 N–H and O–H groups in total. The predicted octanol–water partition coefficient (Wildman–Crippen LogP) is 3.45. The van der Waals surface area contributed by atoms with Gasteiger partial charge in [0.2, 0.25) is 0 Å². The van der Waals surface area contributed by atoms with E-state index >= 15 is 0 Å². The molecular formula is C18H19N3O2S. The number of rotatable bonds is 5. The molecule has 0 spiro atoms. The monoisotopic (exact) mass is 341 g/mol. The molecular weight excluding hydrogens is 322 g/mol. The minimum atomic E-state index is -3.17. The van der Waals surface area contributed by atoms with E-state index in [1.807, 2.05) is 22.9 Å². The van der Waals surface area contributed by atoms with Crippen LogP contribution in [-0.2, 0) is 9.84 Å². The molecule has 0 aliphatic heterocycles. The first-order valence-electron chi connectivity index (χ1n) is 7.58. The van der Waals surface area contributed by atoms with Crippen molar-refractivity contribution >= 4 is 15.5 Å². The molecule has 0 aliphatic carbocycles. The van der Waals surface area contributed by atoms with Crippen LogP contribution in [0, 0.1) is 0 Å². The Balaban J connectivity index is 1.78. The number of aromatic nitrogens is 2. The van der Waals surface area contributed by atoms with E-state index in [4.69, 9.17) is 0 Å². The van der Waals surface area contributed by atoms with Crippen LogP contribution in [0.1, 0.15) is 18.5 Å². The zero-order valence-electron chi connectivity index (χ0n) is 13.5. The largest absolute Gasteiger partial charge is 0.379 e. The summed E-state index contributed by atoms with van der Waals surface area (Å²) in [5.41, 5.74) is 3.06. The van der Waals surface area contributed by atoms with Crippen molar-refractivity contribution in [3.8, 4) is 5.69 Å². The van der Waals surface area contributed by atoms with Crippen LogP contribution in [0.2, 0.25) is 0 Å². The molecule has 0 saturated heterocycles. The van der Waals surface area contributed by atoms with E-state index in [0.717, 1.165) is 16.9 Å². The van der Waals surface area contributed by atoms with Gasteiger partial charge in [-0.1, -0.05) is 12.1 Å². The Kier molecular flexibility index (Phi) is 4.40. The van der Waals surface area contributed by atoms with Gasteiger partial charge in [0, 0.05) is 36.1 Å². The number of hydrogen-bond acceptors (Lipinski definition) is 4. The van der Waals surface area contributed by atoms with Crippen molar-refractivity contribution in [3.05, 3.63) is 72.8 Å². The van der Waals surface area contributed by atoms with Gasteiger partial charge in [0.1, 0.15) is 0 Å². The molecule has 0 amide bonds. The van der Waals surface area contributed by atoms with Crippen molar-refractivity contribution in [2.75, 3.05) is 11.6 Å². The summed E-state index contributed by atoms with van der Waals surface area (Å²) >= 11 is 0. The van der Waals surface area contributed by atoms with Crippen LogP contribution in [-0.4, -0.2) is 24.2 Å². The number of anilines is 1. The third-order valence-electron chi connectivity index (χ3n) is 3.84. The highest BCUT2D eigenvalue weighted by Crippen LogP contribution is 2.22. The van der Waals surface area contributed by atoms with E-state index in [1.165, 1.54) is 6.26 Å². The first kappa shape index (κ1) is 16.3. The molecule has 2 aromatic carbocycles. The molecule has 1 heterocycles. The van der Waals surface area contributed by atoms with Crippen LogP contribution < -0.4 is 5.32 Å². The number of sulfone groups is 1. The molecule has 0 radical (unpaired) electrons. The van der Waals surface area contributed by atoms with E-state index in [1.54, 1.807) is 36.8 Å². The third kappa shape index (κ3) is 3.65. The maximum absolute atomic E-state index is 11.5. The van der Waals surface area contributed by atoms with Crippen LogP contribution in [0.5, 0.6) is 0 Å². The summed E-state index contributed by atoms with van der Waals surface area (Å²) in [4.78, 5) is 4.39. The van der Waals surface area contributed by atoms with Crippen molar-refractivity contribution in [1.29, 1.82) is 0 Å². The van der Waals surface area contributed by atoms with E-state index in [-0.39, 0.29) is 6.04 Å². The van der Waals surface area contributed by atoms with Gasteiger partial charge in [-0.15, -0.1) is 0 Å². The molecule has 1 unspecified atom stereocenters. The lowest BCUT2D eigenvalue weighted by atomic mass is 10.1. The normalized spacial score (nSPS) is 12.8. The minimum absolute atomic E-state index is 0.0811. The summed E-state index contributed by atoms with van der Waals surface area (Å²) in [6, 6.07) is 15.1. The fourth-order valence-corrected chi connectivity index (χ4v) is 3.13. The van der Waals surface area contributed by atoms with Gasteiger partial charge in [-0.05, 0) is 48.9 Å². The molecule has 24 heavy (non-hydrogen) atoms. The van der Waals surface area contributed by atoms with Gasteiger partial charge in [-0.3, -0.25) is 0 Å². The van der Waals surface area contributed by atoms with Gasteiger partial charge < -0.3 is 9.88 Å². The molecule has 0 bridgehead atoms. The zero-order valence-corrected chi connectivity index (χ0v) is 14.4. The molecule has 1 aromatic heterocycles. The van der Waals surface area contributed by atoms with Crippen molar-refractivity contribution in [3.63, 3.8) is 0 Å². The van der Waals surface area contributed by atoms with Gasteiger partial charge in [0.25, 0.3) is 0 Å². The second-order valence-corrected chi connectivity index (χ2v) is 7.74. The van der Waals surface area contributed by atoms with Gasteiger partial charge in [0.15, 0.2) is 9.84 Å². The quantitative estimate of drug-likeness (QED) is 0.772. The Morgan fingerprint density at radius 3 is 2.50 bits per heavy atom. The Morgan fingerprint density at radius 2 is 1.88 bits per heavy atom. The Morgan fingerprint density at radius 1 is 1.12 bits per heavy atom. The average Bonchev–Trinajstić information content (AvgIpc) is 3.09. The fourth-order valence-electron chi connectivity index (χ4n) is 2.50. The molecule has 6 heteroatoms. The summed E-state index contributed by atoms with van der Waals surface area (Å²) in [6.45, 7) is 2.07. The predicted molar refractivity (Wildman–Crippen MR) is 95.2 cm³/mol. The highest BCUT2D eigenvalue weighted by atomic mass is 32.2. The van der Waals surface area contributed by atoms with Crippen LogP contribution in [0.4, 0.5) is 5.69 Å². The molecule has 1 atom stereocenters. The van der Waals surface area contributed by atoms with Gasteiger partial charge in [-0.2, -0.15) is 0 Å². The maximum Gasteiger partial charge on any atom is 0.175 e. The third-order valence-corrected chi connectivity index (χ3v) is 4.97.